The maximum atomic E-state index is 6.77. The number of benzene rings is 8. The van der Waals surface area contributed by atoms with Crippen molar-refractivity contribution in [3.05, 3.63) is 223 Å². The number of pyridine rings is 1. The van der Waals surface area contributed by atoms with Crippen LogP contribution in [0.15, 0.2) is 188 Å². The molecule has 8 aromatic carbocycles. The van der Waals surface area contributed by atoms with Gasteiger partial charge < -0.3 is 13.9 Å². The SMILES string of the molecule is CC(C)(C)Cc1ccnc(-n2c3[c-]c(Oc4[c-]c(-n5[c-][n+](-c6c(-c7ccccc7)cccc6-c6cc(C(C)(C)C)cc(C(C)(C)C)c6)c6ccccc65)ccc4)ccc3c3cc(-c4ccccc4)ccc32)c1.[Pt]. The molecule has 0 spiro atoms. The van der Waals surface area contributed by atoms with Gasteiger partial charge in [-0.25, -0.2) is 4.98 Å². The van der Waals surface area contributed by atoms with Crippen LogP contribution in [0.25, 0.3) is 83.4 Å². The summed E-state index contributed by atoms with van der Waals surface area (Å²) in [6, 6.07) is 72.2. The van der Waals surface area contributed by atoms with E-state index in [0.717, 1.165) is 78.7 Å². The third-order valence-corrected chi connectivity index (χ3v) is 13.6. The van der Waals surface area contributed by atoms with Gasteiger partial charge >= 0.3 is 0 Å². The molecule has 11 aromatic rings. The van der Waals surface area contributed by atoms with E-state index in [9.17, 15) is 0 Å². The van der Waals surface area contributed by atoms with Gasteiger partial charge in [-0.05, 0) is 102 Å². The van der Waals surface area contributed by atoms with E-state index in [-0.39, 0.29) is 37.3 Å². The summed E-state index contributed by atoms with van der Waals surface area (Å²) < 4.78 is 13.3. The number of imidazole rings is 1. The van der Waals surface area contributed by atoms with Crippen molar-refractivity contribution in [3.8, 4) is 62.1 Å². The number of nitrogens with zero attached hydrogens (tertiary/aromatic N) is 4. The van der Waals surface area contributed by atoms with Crippen molar-refractivity contribution in [2.24, 2.45) is 5.41 Å². The van der Waals surface area contributed by atoms with Crippen molar-refractivity contribution in [3.63, 3.8) is 0 Å². The molecule has 3 heterocycles. The van der Waals surface area contributed by atoms with E-state index in [1.807, 2.05) is 24.4 Å². The molecule has 0 aliphatic rings. The van der Waals surface area contributed by atoms with Crippen molar-refractivity contribution in [2.45, 2.75) is 79.6 Å². The zero-order valence-electron chi connectivity index (χ0n) is 43.1. The van der Waals surface area contributed by atoms with Crippen LogP contribution >= 0.6 is 0 Å². The van der Waals surface area contributed by atoms with Crippen molar-refractivity contribution in [1.29, 1.82) is 0 Å². The average Bonchev–Trinajstić information content (AvgIpc) is 3.91. The molecule has 0 saturated carbocycles. The molecule has 6 heteroatoms. The fourth-order valence-electron chi connectivity index (χ4n) is 10.0. The van der Waals surface area contributed by atoms with E-state index in [1.165, 1.54) is 27.8 Å². The summed E-state index contributed by atoms with van der Waals surface area (Å²) in [4.78, 5) is 4.96. The van der Waals surface area contributed by atoms with E-state index in [2.05, 4.69) is 258 Å². The maximum absolute atomic E-state index is 6.77. The molecule has 0 aliphatic heterocycles. The molecule has 0 amide bonds. The number of rotatable bonds is 9. The molecule has 3 aromatic heterocycles. The first-order valence-corrected chi connectivity index (χ1v) is 25.1. The second-order valence-electron chi connectivity index (χ2n) is 22.4. The summed E-state index contributed by atoms with van der Waals surface area (Å²) >= 11 is 0. The van der Waals surface area contributed by atoms with Crippen LogP contribution < -0.4 is 9.30 Å². The monoisotopic (exact) mass is 1130 g/mol. The molecule has 73 heavy (non-hydrogen) atoms. The number of aromatic nitrogens is 4. The molecule has 0 saturated heterocycles. The van der Waals surface area contributed by atoms with Crippen molar-refractivity contribution >= 4 is 32.8 Å². The number of para-hydroxylation sites is 3. The smallest absolute Gasteiger partial charge is 0.268 e. The second kappa shape index (κ2) is 19.3. The van der Waals surface area contributed by atoms with E-state index in [1.54, 1.807) is 0 Å². The molecule has 366 valence electrons. The minimum Gasteiger partial charge on any atom is -0.510 e. The van der Waals surface area contributed by atoms with Crippen LogP contribution in [0.1, 0.15) is 79.0 Å². The largest absolute Gasteiger partial charge is 0.510 e. The third kappa shape index (κ3) is 9.84. The standard InChI is InChI=1S/C67H60N4O.Pt/c1-65(2,3)43-45-34-35-68-63(36-45)71-59-33-30-48(46-20-12-10-13-21-46)39-58(59)57-32-31-54(42-62(57)71)72-53-25-18-24-52(41-53)69-44-70(61-29-17-16-28-60(61)69)64-55(47-22-14-11-15-23-47)26-19-27-56(64)49-37-50(66(4,5)6)40-51(38-49)67(7,8)9;/h10-40H,43H2,1-9H3;/q-2;. The Morgan fingerprint density at radius 2 is 1.16 bits per heavy atom. The summed E-state index contributed by atoms with van der Waals surface area (Å²) in [6.07, 6.45) is 6.71. The van der Waals surface area contributed by atoms with Gasteiger partial charge in [0, 0.05) is 44.3 Å². The van der Waals surface area contributed by atoms with Crippen molar-refractivity contribution in [1.82, 2.24) is 14.1 Å². The predicted molar refractivity (Wildman–Crippen MR) is 297 cm³/mol. The van der Waals surface area contributed by atoms with Crippen molar-refractivity contribution in [2.75, 3.05) is 0 Å². The molecule has 5 nitrogen and oxygen atoms in total. The van der Waals surface area contributed by atoms with E-state index in [0.29, 0.717) is 11.5 Å². The van der Waals surface area contributed by atoms with Gasteiger partial charge in [0.15, 0.2) is 0 Å². The Morgan fingerprint density at radius 3 is 1.86 bits per heavy atom. The van der Waals surface area contributed by atoms with Gasteiger partial charge in [-0.3, -0.25) is 4.57 Å². The Bertz CT molecular complexity index is 3780. The molecule has 0 fully saturated rings. The number of hydrogen-bond acceptors (Lipinski definition) is 2. The minimum atomic E-state index is -0.0466. The Balaban J connectivity index is 0.00000611. The van der Waals surface area contributed by atoms with Gasteiger partial charge in [-0.1, -0.05) is 201 Å². The Labute approximate surface area is 445 Å². The van der Waals surface area contributed by atoms with Crippen LogP contribution in [0.5, 0.6) is 11.5 Å². The Hall–Kier alpha value is -7.33. The van der Waals surface area contributed by atoms with Crippen LogP contribution in [-0.4, -0.2) is 14.1 Å². The third-order valence-electron chi connectivity index (χ3n) is 13.6. The van der Waals surface area contributed by atoms with Gasteiger partial charge in [0.25, 0.3) is 6.33 Å². The number of fused-ring (bicyclic) bond motifs is 4. The molecule has 11 rings (SSSR count). The first-order valence-electron chi connectivity index (χ1n) is 25.1. The van der Waals surface area contributed by atoms with Crippen LogP contribution in [0, 0.1) is 23.9 Å². The van der Waals surface area contributed by atoms with E-state index < -0.39 is 0 Å². The van der Waals surface area contributed by atoms with Crippen LogP contribution in [0.4, 0.5) is 0 Å². The maximum Gasteiger partial charge on any atom is 0.268 e. The van der Waals surface area contributed by atoms with Gasteiger partial charge in [-0.15, -0.1) is 29.7 Å². The number of hydrogen-bond donors (Lipinski definition) is 0. The Kier molecular flexibility index (Phi) is 13.0. The predicted octanol–water partition coefficient (Wildman–Crippen LogP) is 16.8. The fraction of sp³-hybridized carbons (Fsp3) is 0.194. The first kappa shape index (κ1) is 49.3. The molecular formula is C67H60N4OPt-2. The molecule has 0 aliphatic carbocycles. The minimum absolute atomic E-state index is 0. The summed E-state index contributed by atoms with van der Waals surface area (Å²) in [7, 11) is 0. The van der Waals surface area contributed by atoms with Crippen LogP contribution in [0.3, 0.4) is 0 Å². The molecule has 0 N–H and O–H groups in total. The zero-order valence-corrected chi connectivity index (χ0v) is 45.4. The first-order chi connectivity index (χ1) is 34.6. The average molecular weight is 1130 g/mol. The molecule has 0 atom stereocenters. The fourth-order valence-corrected chi connectivity index (χ4v) is 10.0. The summed E-state index contributed by atoms with van der Waals surface area (Å²) in [6.45, 7) is 20.6. The summed E-state index contributed by atoms with van der Waals surface area (Å²) in [5.74, 6) is 2.00. The van der Waals surface area contributed by atoms with Gasteiger partial charge in [-0.2, -0.15) is 18.2 Å². The summed E-state index contributed by atoms with van der Waals surface area (Å²) in [5.41, 5.74) is 16.6. The quantitative estimate of drug-likeness (QED) is 0.107. The summed E-state index contributed by atoms with van der Waals surface area (Å²) in [5, 5.41) is 2.20. The van der Waals surface area contributed by atoms with Gasteiger partial charge in [0.1, 0.15) is 5.82 Å². The van der Waals surface area contributed by atoms with Gasteiger partial charge in [0.05, 0.1) is 16.7 Å². The molecular weight excluding hydrogens is 1070 g/mol. The zero-order chi connectivity index (χ0) is 49.9. The van der Waals surface area contributed by atoms with Crippen LogP contribution in [0.2, 0.25) is 0 Å². The van der Waals surface area contributed by atoms with Crippen LogP contribution in [-0.2, 0) is 38.3 Å². The normalized spacial score (nSPS) is 12.1. The molecule has 0 radical (unpaired) electrons. The molecule has 0 bridgehead atoms. The Morgan fingerprint density at radius 1 is 0.521 bits per heavy atom. The van der Waals surface area contributed by atoms with E-state index >= 15 is 0 Å². The van der Waals surface area contributed by atoms with Crippen molar-refractivity contribution < 1.29 is 30.4 Å². The van der Waals surface area contributed by atoms with Gasteiger partial charge in [0.2, 0.25) is 0 Å². The number of ether oxygens (including phenoxy) is 1. The van der Waals surface area contributed by atoms with E-state index in [4.69, 9.17) is 9.72 Å². The topological polar surface area (TPSA) is 35.9 Å². The second-order valence-corrected chi connectivity index (χ2v) is 22.4. The molecule has 0 unspecified atom stereocenters.